The van der Waals surface area contributed by atoms with Crippen molar-refractivity contribution in [3.8, 4) is 28.3 Å². The van der Waals surface area contributed by atoms with Gasteiger partial charge in [-0.05, 0) is 49.2 Å². The molecule has 0 bridgehead atoms. The van der Waals surface area contributed by atoms with E-state index in [1.54, 1.807) is 37.3 Å². The summed E-state index contributed by atoms with van der Waals surface area (Å²) in [7, 11) is 0. The highest BCUT2D eigenvalue weighted by Crippen LogP contribution is 2.33. The summed E-state index contributed by atoms with van der Waals surface area (Å²) in [5.41, 5.74) is 2.90. The van der Waals surface area contributed by atoms with Crippen LogP contribution in [-0.2, 0) is 11.3 Å². The average Bonchev–Trinajstić information content (AvgIpc) is 3.48. The third-order valence-electron chi connectivity index (χ3n) is 5.46. The molecule has 36 heavy (non-hydrogen) atoms. The van der Waals surface area contributed by atoms with E-state index in [0.717, 1.165) is 11.1 Å². The number of carbonyl (C=O) groups is 1. The van der Waals surface area contributed by atoms with Crippen molar-refractivity contribution in [3.63, 3.8) is 0 Å². The molecule has 5 aromatic rings. The first-order valence-corrected chi connectivity index (χ1v) is 11.0. The normalized spacial score (nSPS) is 11.1. The number of ether oxygens (including phenoxy) is 2. The van der Waals surface area contributed by atoms with Gasteiger partial charge in [-0.3, -0.25) is 4.79 Å². The Morgan fingerprint density at radius 1 is 1.06 bits per heavy atom. The second kappa shape index (κ2) is 9.37. The van der Waals surface area contributed by atoms with Gasteiger partial charge in [0.2, 0.25) is 0 Å². The molecule has 0 spiro atoms. The van der Waals surface area contributed by atoms with Crippen molar-refractivity contribution in [3.05, 3.63) is 86.8 Å². The minimum Gasteiger partial charge on any atom is -0.493 e. The number of H-pyrrole nitrogens is 2. The largest absolute Gasteiger partial charge is 0.519 e. The fourth-order valence-corrected chi connectivity index (χ4v) is 3.66. The van der Waals surface area contributed by atoms with Crippen LogP contribution in [0, 0.1) is 6.92 Å². The van der Waals surface area contributed by atoms with E-state index >= 15 is 0 Å². The van der Waals surface area contributed by atoms with Gasteiger partial charge in [0.25, 0.3) is 5.56 Å². The number of fused-ring (bicyclic) bond motifs is 1. The van der Waals surface area contributed by atoms with Crippen LogP contribution < -0.4 is 16.1 Å². The minimum absolute atomic E-state index is 0.163. The molecular weight excluding hydrogens is 468 g/mol. The molecule has 0 aliphatic rings. The molecule has 11 heteroatoms. The van der Waals surface area contributed by atoms with Crippen LogP contribution in [0.25, 0.3) is 33.7 Å². The quantitative estimate of drug-likeness (QED) is 0.327. The van der Waals surface area contributed by atoms with Gasteiger partial charge in [-0.25, -0.2) is 19.6 Å². The first-order valence-electron chi connectivity index (χ1n) is 11.0. The zero-order valence-corrected chi connectivity index (χ0v) is 19.3. The summed E-state index contributed by atoms with van der Waals surface area (Å²) >= 11 is 0. The van der Waals surface area contributed by atoms with E-state index in [2.05, 4.69) is 19.9 Å². The molecule has 5 rings (SSSR count). The van der Waals surface area contributed by atoms with E-state index in [1.165, 1.54) is 6.33 Å². The highest BCUT2D eigenvalue weighted by atomic mass is 16.6. The molecule has 11 nitrogen and oxygen atoms in total. The number of esters is 1. The number of nitrogens with zero attached hydrogens (tertiary/aromatic N) is 2. The van der Waals surface area contributed by atoms with Gasteiger partial charge < -0.3 is 28.3 Å². The minimum atomic E-state index is -0.843. The lowest BCUT2D eigenvalue weighted by Crippen LogP contribution is -2.10. The van der Waals surface area contributed by atoms with Gasteiger partial charge in [0, 0.05) is 0 Å². The van der Waals surface area contributed by atoms with Crippen molar-refractivity contribution in [2.45, 2.75) is 20.5 Å². The summed E-state index contributed by atoms with van der Waals surface area (Å²) in [4.78, 5) is 49.9. The summed E-state index contributed by atoms with van der Waals surface area (Å²) in [6.07, 6.45) is 1.42. The standard InChI is InChI=1S/C25H20N4O7/c1-3-33-18-10-16(8-9-17(18)21-28-22-20(23(30)29-21)26-12-27-22)14-4-6-15(7-5-14)24(31)34-11-19-13(2)35-25(32)36-19/h4-10,12H,3,11H2,1-2H3,(H2,26,27,28,29,30). The number of aryl methyl sites for hydroxylation is 1. The van der Waals surface area contributed by atoms with Crippen LogP contribution in [0.15, 0.2) is 67.2 Å². The smallest absolute Gasteiger partial charge is 0.493 e. The molecule has 3 heterocycles. The Morgan fingerprint density at radius 2 is 1.83 bits per heavy atom. The molecule has 0 saturated heterocycles. The summed E-state index contributed by atoms with van der Waals surface area (Å²) in [6, 6.07) is 12.3. The van der Waals surface area contributed by atoms with Gasteiger partial charge >= 0.3 is 11.8 Å². The highest BCUT2D eigenvalue weighted by Gasteiger charge is 2.16. The van der Waals surface area contributed by atoms with Crippen LogP contribution in [0.2, 0.25) is 0 Å². The third kappa shape index (κ3) is 4.41. The number of benzene rings is 2. The van der Waals surface area contributed by atoms with Crippen molar-refractivity contribution in [1.82, 2.24) is 19.9 Å². The molecule has 0 aliphatic heterocycles. The summed E-state index contributed by atoms with van der Waals surface area (Å²) in [6.45, 7) is 3.61. The molecule has 0 amide bonds. The second-order valence-corrected chi connectivity index (χ2v) is 7.75. The lowest BCUT2D eigenvalue weighted by atomic mass is 10.0. The molecule has 0 atom stereocenters. The SMILES string of the molecule is CCOc1cc(-c2ccc(C(=O)OCc3oc(=O)oc3C)cc2)ccc1-c1nc2nc[nH]c2c(=O)[nH]1. The van der Waals surface area contributed by atoms with Crippen molar-refractivity contribution in [2.24, 2.45) is 0 Å². The predicted molar refractivity (Wildman–Crippen MR) is 128 cm³/mol. The molecule has 182 valence electrons. The molecular formula is C25H20N4O7. The van der Waals surface area contributed by atoms with Gasteiger partial charge in [0.05, 0.1) is 24.1 Å². The molecule has 0 radical (unpaired) electrons. The Labute approximate surface area is 202 Å². The van der Waals surface area contributed by atoms with Crippen LogP contribution in [0.4, 0.5) is 0 Å². The maximum Gasteiger partial charge on any atom is 0.519 e. The summed E-state index contributed by atoms with van der Waals surface area (Å²) in [5, 5.41) is 0. The van der Waals surface area contributed by atoms with E-state index in [9.17, 15) is 14.4 Å². The van der Waals surface area contributed by atoms with E-state index < -0.39 is 11.8 Å². The van der Waals surface area contributed by atoms with Crippen molar-refractivity contribution >= 4 is 17.1 Å². The van der Waals surface area contributed by atoms with Gasteiger partial charge in [-0.15, -0.1) is 0 Å². The Morgan fingerprint density at radius 3 is 2.56 bits per heavy atom. The molecule has 0 fully saturated rings. The zero-order chi connectivity index (χ0) is 25.2. The number of hydrogen-bond acceptors (Lipinski definition) is 9. The fourth-order valence-electron chi connectivity index (χ4n) is 3.66. The number of carbonyl (C=O) groups excluding carboxylic acids is 1. The number of aromatic amines is 2. The Bertz CT molecular complexity index is 1680. The number of aromatic nitrogens is 4. The molecule has 2 N–H and O–H groups in total. The maximum absolute atomic E-state index is 12.4. The first kappa shape index (κ1) is 22.8. The lowest BCUT2D eigenvalue weighted by molar-refractivity contribution is 0.0443. The number of nitrogens with one attached hydrogen (secondary N) is 2. The van der Waals surface area contributed by atoms with Crippen molar-refractivity contribution in [1.29, 1.82) is 0 Å². The van der Waals surface area contributed by atoms with Crippen LogP contribution in [-0.4, -0.2) is 32.5 Å². The number of hydrogen-bond donors (Lipinski definition) is 2. The van der Waals surface area contributed by atoms with E-state index in [-0.39, 0.29) is 23.7 Å². The Kier molecular flexibility index (Phi) is 5.95. The summed E-state index contributed by atoms with van der Waals surface area (Å²) < 4.78 is 20.6. The zero-order valence-electron chi connectivity index (χ0n) is 19.3. The molecule has 0 unspecified atom stereocenters. The molecule has 0 aliphatic carbocycles. The van der Waals surface area contributed by atoms with Gasteiger partial charge in [0.15, 0.2) is 29.3 Å². The van der Waals surface area contributed by atoms with Crippen LogP contribution in [0.3, 0.4) is 0 Å². The van der Waals surface area contributed by atoms with Crippen LogP contribution >= 0.6 is 0 Å². The molecule has 0 saturated carbocycles. The highest BCUT2D eigenvalue weighted by molar-refractivity contribution is 5.90. The Balaban J connectivity index is 1.38. The monoisotopic (exact) mass is 488 g/mol. The predicted octanol–water partition coefficient (Wildman–Crippen LogP) is 3.59. The Hall–Kier alpha value is -4.93. The van der Waals surface area contributed by atoms with E-state index in [0.29, 0.717) is 40.5 Å². The molecule has 2 aromatic carbocycles. The van der Waals surface area contributed by atoms with Gasteiger partial charge in [-0.2, -0.15) is 0 Å². The van der Waals surface area contributed by atoms with E-state index in [4.69, 9.17) is 18.3 Å². The van der Waals surface area contributed by atoms with Crippen molar-refractivity contribution in [2.75, 3.05) is 6.61 Å². The first-order chi connectivity index (χ1) is 17.4. The average molecular weight is 488 g/mol. The van der Waals surface area contributed by atoms with Gasteiger partial charge in [0.1, 0.15) is 11.6 Å². The number of imidazole rings is 1. The lowest BCUT2D eigenvalue weighted by Gasteiger charge is -2.12. The maximum atomic E-state index is 12.4. The van der Waals surface area contributed by atoms with Gasteiger partial charge in [-0.1, -0.05) is 18.2 Å². The topological polar surface area (TPSA) is 153 Å². The van der Waals surface area contributed by atoms with Crippen LogP contribution in [0.5, 0.6) is 5.75 Å². The summed E-state index contributed by atoms with van der Waals surface area (Å²) in [5.74, 6) is -0.107. The number of rotatable bonds is 7. The fraction of sp³-hybridized carbons (Fsp3) is 0.160. The second-order valence-electron chi connectivity index (χ2n) is 7.75. The van der Waals surface area contributed by atoms with E-state index in [1.807, 2.05) is 19.1 Å². The van der Waals surface area contributed by atoms with Crippen LogP contribution in [0.1, 0.15) is 28.8 Å². The van der Waals surface area contributed by atoms with Crippen molar-refractivity contribution < 1.29 is 23.1 Å². The third-order valence-corrected chi connectivity index (χ3v) is 5.46. The molecule has 3 aromatic heterocycles.